The number of rotatable bonds is 5. The fourth-order valence-corrected chi connectivity index (χ4v) is 4.38. The van der Waals surface area contributed by atoms with Crippen molar-refractivity contribution in [3.8, 4) is 0 Å². The van der Waals surface area contributed by atoms with Gasteiger partial charge in [-0.1, -0.05) is 20.3 Å². The van der Waals surface area contributed by atoms with Crippen LogP contribution in [0.25, 0.3) is 10.2 Å². The van der Waals surface area contributed by atoms with Crippen LogP contribution < -0.4 is 16.2 Å². The lowest BCUT2D eigenvalue weighted by atomic mass is 10.2. The number of nitrogens with one attached hydrogen (secondary N) is 2. The third-order valence-electron chi connectivity index (χ3n) is 4.85. The van der Waals surface area contributed by atoms with Crippen molar-refractivity contribution >= 4 is 33.4 Å². The number of carbonyl (C=O) groups is 2. The standard InChI is InChI=1S/C19H26N4O3S/c1-11(2)16(24)20-8-9-21-17(25)15-12(3)14-18(27-15)22-13-7-5-4-6-10-23(13)19(14)26/h11H,4-10H2,1-3H3,(H,20,24)(H,21,25). The van der Waals surface area contributed by atoms with Crippen LogP contribution >= 0.6 is 11.3 Å². The lowest BCUT2D eigenvalue weighted by Gasteiger charge is -2.08. The number of fused-ring (bicyclic) bond motifs is 2. The highest BCUT2D eigenvalue weighted by atomic mass is 32.1. The van der Waals surface area contributed by atoms with Crippen molar-refractivity contribution in [3.05, 3.63) is 26.6 Å². The van der Waals surface area contributed by atoms with Crippen LogP contribution in [0.5, 0.6) is 0 Å². The van der Waals surface area contributed by atoms with E-state index in [4.69, 9.17) is 0 Å². The van der Waals surface area contributed by atoms with Crippen LogP contribution in [-0.4, -0.2) is 34.5 Å². The Morgan fingerprint density at radius 1 is 1.19 bits per heavy atom. The maximum absolute atomic E-state index is 12.9. The second-order valence-corrected chi connectivity index (χ2v) is 8.23. The zero-order valence-electron chi connectivity index (χ0n) is 16.1. The van der Waals surface area contributed by atoms with Gasteiger partial charge in [0.05, 0.1) is 10.3 Å². The molecular weight excluding hydrogens is 364 g/mol. The summed E-state index contributed by atoms with van der Waals surface area (Å²) in [6, 6.07) is 0. The Labute approximate surface area is 162 Å². The minimum Gasteiger partial charge on any atom is -0.354 e. The summed E-state index contributed by atoms with van der Waals surface area (Å²) in [4.78, 5) is 42.9. The van der Waals surface area contributed by atoms with Crippen molar-refractivity contribution in [2.24, 2.45) is 5.92 Å². The van der Waals surface area contributed by atoms with E-state index >= 15 is 0 Å². The summed E-state index contributed by atoms with van der Waals surface area (Å²) in [5, 5.41) is 6.14. The number of aryl methyl sites for hydroxylation is 2. The molecule has 0 atom stereocenters. The Kier molecular flexibility index (Phi) is 5.94. The van der Waals surface area contributed by atoms with Crippen molar-refractivity contribution in [1.29, 1.82) is 0 Å². The first-order valence-electron chi connectivity index (χ1n) is 9.49. The number of nitrogens with zero attached hydrogens (tertiary/aromatic N) is 2. The SMILES string of the molecule is Cc1c(C(=O)NCCNC(=O)C(C)C)sc2nc3n(c(=O)c12)CCCCC3. The summed E-state index contributed by atoms with van der Waals surface area (Å²) in [7, 11) is 0. The smallest absolute Gasteiger partial charge is 0.262 e. The molecule has 2 amide bonds. The largest absolute Gasteiger partial charge is 0.354 e. The van der Waals surface area contributed by atoms with Crippen LogP contribution in [0.15, 0.2) is 4.79 Å². The molecule has 0 spiro atoms. The second kappa shape index (κ2) is 8.21. The van der Waals surface area contributed by atoms with E-state index in [1.54, 1.807) is 11.5 Å². The van der Waals surface area contributed by atoms with Gasteiger partial charge >= 0.3 is 0 Å². The van der Waals surface area contributed by atoms with E-state index in [9.17, 15) is 14.4 Å². The quantitative estimate of drug-likeness (QED) is 0.764. The topological polar surface area (TPSA) is 93.1 Å². The molecule has 8 heteroatoms. The van der Waals surface area contributed by atoms with E-state index in [0.29, 0.717) is 40.3 Å². The molecule has 0 bridgehead atoms. The molecule has 2 aromatic heterocycles. The van der Waals surface area contributed by atoms with Crippen LogP contribution in [0.3, 0.4) is 0 Å². The van der Waals surface area contributed by atoms with Crippen LogP contribution in [0.1, 0.15) is 54.2 Å². The highest BCUT2D eigenvalue weighted by molar-refractivity contribution is 7.20. The number of aromatic nitrogens is 2. The molecule has 3 heterocycles. The number of hydrogen-bond donors (Lipinski definition) is 2. The van der Waals surface area contributed by atoms with Gasteiger partial charge in [0.15, 0.2) is 0 Å². The van der Waals surface area contributed by atoms with Crippen molar-refractivity contribution in [1.82, 2.24) is 20.2 Å². The van der Waals surface area contributed by atoms with Crippen LogP contribution in [0.2, 0.25) is 0 Å². The Balaban J connectivity index is 1.78. The highest BCUT2D eigenvalue weighted by Gasteiger charge is 2.22. The number of amides is 2. The van der Waals surface area contributed by atoms with E-state index in [-0.39, 0.29) is 23.3 Å². The van der Waals surface area contributed by atoms with Crippen molar-refractivity contribution in [2.45, 2.75) is 53.0 Å². The predicted octanol–water partition coefficient (Wildman–Crippen LogP) is 1.99. The van der Waals surface area contributed by atoms with Gasteiger partial charge in [0, 0.05) is 32.0 Å². The predicted molar refractivity (Wildman–Crippen MR) is 106 cm³/mol. The Morgan fingerprint density at radius 3 is 2.67 bits per heavy atom. The van der Waals surface area contributed by atoms with Gasteiger partial charge < -0.3 is 10.6 Å². The van der Waals surface area contributed by atoms with Crippen LogP contribution in [0, 0.1) is 12.8 Å². The monoisotopic (exact) mass is 390 g/mol. The fraction of sp³-hybridized carbons (Fsp3) is 0.579. The first-order valence-corrected chi connectivity index (χ1v) is 10.3. The average molecular weight is 391 g/mol. The van der Waals surface area contributed by atoms with E-state index in [1.165, 1.54) is 11.3 Å². The first kappa shape index (κ1) is 19.5. The Bertz CT molecular complexity index is 929. The molecule has 0 aromatic carbocycles. The van der Waals surface area contributed by atoms with E-state index < -0.39 is 0 Å². The Hall–Kier alpha value is -2.22. The first-order chi connectivity index (χ1) is 12.9. The molecule has 1 aliphatic rings. The molecule has 146 valence electrons. The fourth-order valence-electron chi connectivity index (χ4n) is 3.27. The molecular formula is C19H26N4O3S. The van der Waals surface area contributed by atoms with Crippen LogP contribution in [-0.2, 0) is 17.8 Å². The zero-order valence-corrected chi connectivity index (χ0v) is 16.9. The van der Waals surface area contributed by atoms with Crippen molar-refractivity contribution in [2.75, 3.05) is 13.1 Å². The Morgan fingerprint density at radius 2 is 1.93 bits per heavy atom. The summed E-state index contributed by atoms with van der Waals surface area (Å²) in [6.45, 7) is 6.86. The average Bonchev–Trinajstić information content (AvgIpc) is 2.80. The maximum atomic E-state index is 12.9. The number of hydrogen-bond acceptors (Lipinski definition) is 5. The zero-order chi connectivity index (χ0) is 19.6. The molecule has 27 heavy (non-hydrogen) atoms. The maximum Gasteiger partial charge on any atom is 0.262 e. The van der Waals surface area contributed by atoms with Crippen LogP contribution in [0.4, 0.5) is 0 Å². The molecule has 0 unspecified atom stereocenters. The number of thiophene rings is 1. The molecule has 0 saturated carbocycles. The molecule has 3 rings (SSSR count). The molecule has 0 aliphatic carbocycles. The van der Waals surface area contributed by atoms with Gasteiger partial charge in [0.25, 0.3) is 11.5 Å². The summed E-state index contributed by atoms with van der Waals surface area (Å²) in [6.07, 6.45) is 3.94. The van der Waals surface area contributed by atoms with Crippen molar-refractivity contribution < 1.29 is 9.59 Å². The molecule has 0 radical (unpaired) electrons. The lowest BCUT2D eigenvalue weighted by molar-refractivity contribution is -0.123. The normalized spacial score (nSPS) is 14.1. The third kappa shape index (κ3) is 4.05. The number of carbonyl (C=O) groups excluding carboxylic acids is 2. The molecule has 1 aliphatic heterocycles. The van der Waals surface area contributed by atoms with Gasteiger partial charge in [-0.25, -0.2) is 4.98 Å². The molecule has 2 N–H and O–H groups in total. The van der Waals surface area contributed by atoms with Gasteiger partial charge in [-0.05, 0) is 25.3 Å². The molecule has 7 nitrogen and oxygen atoms in total. The van der Waals surface area contributed by atoms with Gasteiger partial charge in [-0.3, -0.25) is 19.0 Å². The summed E-state index contributed by atoms with van der Waals surface area (Å²) < 4.78 is 1.78. The molecule has 2 aromatic rings. The third-order valence-corrected chi connectivity index (χ3v) is 6.04. The highest BCUT2D eigenvalue weighted by Crippen LogP contribution is 2.28. The lowest BCUT2D eigenvalue weighted by Crippen LogP contribution is -2.36. The van der Waals surface area contributed by atoms with Gasteiger partial charge in [-0.15, -0.1) is 11.3 Å². The van der Waals surface area contributed by atoms with Crippen molar-refractivity contribution in [3.63, 3.8) is 0 Å². The molecule has 0 fully saturated rings. The second-order valence-electron chi connectivity index (χ2n) is 7.23. The summed E-state index contributed by atoms with van der Waals surface area (Å²) in [5.41, 5.74) is 0.657. The van der Waals surface area contributed by atoms with E-state index in [1.807, 2.05) is 13.8 Å². The van der Waals surface area contributed by atoms with E-state index in [2.05, 4.69) is 15.6 Å². The van der Waals surface area contributed by atoms with E-state index in [0.717, 1.165) is 31.5 Å². The summed E-state index contributed by atoms with van der Waals surface area (Å²) >= 11 is 1.27. The molecule has 0 saturated heterocycles. The van der Waals surface area contributed by atoms with Gasteiger partial charge in [-0.2, -0.15) is 0 Å². The van der Waals surface area contributed by atoms with Gasteiger partial charge in [0.1, 0.15) is 10.7 Å². The minimum absolute atomic E-state index is 0.0334. The summed E-state index contributed by atoms with van der Waals surface area (Å²) in [5.74, 6) is 0.476. The van der Waals surface area contributed by atoms with Gasteiger partial charge in [0.2, 0.25) is 5.91 Å². The minimum atomic E-state index is -0.228.